The lowest BCUT2D eigenvalue weighted by molar-refractivity contribution is 0.0224. The van der Waals surface area contributed by atoms with Crippen molar-refractivity contribution >= 4 is 11.9 Å². The lowest BCUT2D eigenvalue weighted by atomic mass is 10.0. The Kier molecular flexibility index (Phi) is 4.63. The van der Waals surface area contributed by atoms with Gasteiger partial charge in [-0.15, -0.1) is 0 Å². The number of carbonyl (C=O) groups excluding carboxylic acids is 1. The topological polar surface area (TPSA) is 45.7 Å². The van der Waals surface area contributed by atoms with E-state index in [1.165, 1.54) is 0 Å². The van der Waals surface area contributed by atoms with E-state index in [4.69, 9.17) is 4.74 Å². The molecule has 1 aromatic heterocycles. The molecule has 1 fully saturated rings. The van der Waals surface area contributed by atoms with E-state index in [2.05, 4.69) is 11.1 Å². The van der Waals surface area contributed by atoms with Crippen LogP contribution >= 0.6 is 0 Å². The molecule has 5 heteroatoms. The highest BCUT2D eigenvalue weighted by molar-refractivity contribution is 5.69. The van der Waals surface area contributed by atoms with Gasteiger partial charge in [-0.05, 0) is 52.2 Å². The maximum Gasteiger partial charge on any atom is 0.410 e. The minimum absolute atomic E-state index is 0.0681. The van der Waals surface area contributed by atoms with Gasteiger partial charge in [-0.25, -0.2) is 9.78 Å². The predicted octanol–water partition coefficient (Wildman–Crippen LogP) is 3.53. The first-order valence-electron chi connectivity index (χ1n) is 7.83. The number of pyridine rings is 1. The van der Waals surface area contributed by atoms with Gasteiger partial charge in [0.25, 0.3) is 0 Å². The molecule has 1 aromatic rings. The van der Waals surface area contributed by atoms with E-state index in [0.717, 1.165) is 36.5 Å². The molecule has 2 heterocycles. The third kappa shape index (κ3) is 3.70. The first-order chi connectivity index (χ1) is 10.2. The first kappa shape index (κ1) is 16.6. The number of likely N-dealkylation sites (tertiary alicyclic amines) is 1. The minimum Gasteiger partial charge on any atom is -0.444 e. The van der Waals surface area contributed by atoms with Gasteiger partial charge < -0.3 is 14.5 Å². The third-order valence-corrected chi connectivity index (χ3v) is 3.81. The van der Waals surface area contributed by atoms with Gasteiger partial charge in [-0.1, -0.05) is 6.07 Å². The molecule has 0 bridgehead atoms. The normalized spacial score (nSPS) is 18.5. The molecular formula is C17H27N3O2. The maximum absolute atomic E-state index is 12.4. The Hall–Kier alpha value is -1.78. The Bertz CT molecular complexity index is 549. The van der Waals surface area contributed by atoms with Gasteiger partial charge in [-0.2, -0.15) is 0 Å². The van der Waals surface area contributed by atoms with Crippen LogP contribution in [0.4, 0.5) is 10.6 Å². The van der Waals surface area contributed by atoms with Crippen molar-refractivity contribution in [1.82, 2.24) is 9.88 Å². The second kappa shape index (κ2) is 6.15. The number of carbonyl (C=O) groups is 1. The number of amides is 1. The molecule has 2 rings (SSSR count). The zero-order valence-corrected chi connectivity index (χ0v) is 14.5. The van der Waals surface area contributed by atoms with Crippen LogP contribution in [0.15, 0.2) is 12.1 Å². The van der Waals surface area contributed by atoms with Crippen LogP contribution in [0.1, 0.15) is 50.9 Å². The lowest BCUT2D eigenvalue weighted by Crippen LogP contribution is -2.36. The number of aryl methyl sites for hydroxylation is 1. The highest BCUT2D eigenvalue weighted by atomic mass is 16.6. The monoisotopic (exact) mass is 305 g/mol. The lowest BCUT2D eigenvalue weighted by Gasteiger charge is -2.29. The average Bonchev–Trinajstić information content (AvgIpc) is 2.85. The summed E-state index contributed by atoms with van der Waals surface area (Å²) in [5, 5.41) is 0. The van der Waals surface area contributed by atoms with Crippen LogP contribution in [0.25, 0.3) is 0 Å². The standard InChI is InChI=1S/C17H27N3O2/c1-12-13(9-10-15(18-12)19(5)6)14-8-7-11-20(14)16(21)22-17(2,3)4/h9-10,14H,7-8,11H2,1-6H3/t14-/m0/s1. The molecule has 1 atom stereocenters. The molecule has 1 saturated heterocycles. The molecule has 0 saturated carbocycles. The molecule has 122 valence electrons. The molecule has 22 heavy (non-hydrogen) atoms. The molecule has 1 aliphatic heterocycles. The Morgan fingerprint density at radius 2 is 2.05 bits per heavy atom. The highest BCUT2D eigenvalue weighted by Crippen LogP contribution is 2.34. The van der Waals surface area contributed by atoms with Crippen LogP contribution in [-0.4, -0.2) is 42.2 Å². The molecule has 1 aliphatic rings. The Balaban J connectivity index is 2.22. The van der Waals surface area contributed by atoms with Crippen LogP contribution in [0.2, 0.25) is 0 Å². The highest BCUT2D eigenvalue weighted by Gasteiger charge is 2.34. The van der Waals surface area contributed by atoms with Gasteiger partial charge in [0.15, 0.2) is 0 Å². The fourth-order valence-electron chi connectivity index (χ4n) is 2.79. The number of ether oxygens (including phenoxy) is 1. The van der Waals surface area contributed by atoms with Gasteiger partial charge in [0, 0.05) is 26.3 Å². The van der Waals surface area contributed by atoms with Crippen molar-refractivity contribution in [3.63, 3.8) is 0 Å². The number of hydrogen-bond donors (Lipinski definition) is 0. The fourth-order valence-corrected chi connectivity index (χ4v) is 2.79. The molecule has 0 spiro atoms. The summed E-state index contributed by atoms with van der Waals surface area (Å²) in [5.74, 6) is 0.933. The summed E-state index contributed by atoms with van der Waals surface area (Å²) in [6.07, 6.45) is 1.73. The van der Waals surface area contributed by atoms with E-state index in [1.807, 2.05) is 57.7 Å². The molecule has 5 nitrogen and oxygen atoms in total. The molecule has 0 N–H and O–H groups in total. The molecule has 0 radical (unpaired) electrons. The minimum atomic E-state index is -0.466. The van der Waals surface area contributed by atoms with E-state index >= 15 is 0 Å². The maximum atomic E-state index is 12.4. The van der Waals surface area contributed by atoms with E-state index in [-0.39, 0.29) is 12.1 Å². The number of rotatable bonds is 2. The second-order valence-corrected chi connectivity index (χ2v) is 7.07. The summed E-state index contributed by atoms with van der Waals surface area (Å²) in [7, 11) is 3.95. The van der Waals surface area contributed by atoms with Crippen LogP contribution in [0.5, 0.6) is 0 Å². The van der Waals surface area contributed by atoms with Crippen molar-refractivity contribution in [1.29, 1.82) is 0 Å². The van der Waals surface area contributed by atoms with Gasteiger partial charge in [0.1, 0.15) is 11.4 Å². The number of aromatic nitrogens is 1. The number of anilines is 1. The quantitative estimate of drug-likeness (QED) is 0.838. The molecular weight excluding hydrogens is 278 g/mol. The average molecular weight is 305 g/mol. The number of nitrogens with zero attached hydrogens (tertiary/aromatic N) is 3. The molecule has 0 aromatic carbocycles. The van der Waals surface area contributed by atoms with Gasteiger partial charge in [-0.3, -0.25) is 0 Å². The van der Waals surface area contributed by atoms with Crippen molar-refractivity contribution in [2.45, 2.75) is 52.2 Å². The van der Waals surface area contributed by atoms with E-state index < -0.39 is 5.60 Å². The van der Waals surface area contributed by atoms with E-state index in [0.29, 0.717) is 0 Å². The summed E-state index contributed by atoms with van der Waals surface area (Å²) in [6.45, 7) is 8.44. The SMILES string of the molecule is Cc1nc(N(C)C)ccc1[C@@H]1CCCN1C(=O)OC(C)(C)C. The Morgan fingerprint density at radius 3 is 2.59 bits per heavy atom. The predicted molar refractivity (Wildman–Crippen MR) is 88.2 cm³/mol. The van der Waals surface area contributed by atoms with Crippen LogP contribution in [0.3, 0.4) is 0 Å². The number of hydrogen-bond acceptors (Lipinski definition) is 4. The summed E-state index contributed by atoms with van der Waals surface area (Å²) in [4.78, 5) is 20.9. The van der Waals surface area contributed by atoms with Crippen LogP contribution in [-0.2, 0) is 4.74 Å². The van der Waals surface area contributed by atoms with Crippen molar-refractivity contribution in [2.24, 2.45) is 0 Å². The van der Waals surface area contributed by atoms with Crippen molar-refractivity contribution in [3.05, 3.63) is 23.4 Å². The summed E-state index contributed by atoms with van der Waals surface area (Å²) < 4.78 is 5.53. The van der Waals surface area contributed by atoms with Gasteiger partial charge >= 0.3 is 6.09 Å². The third-order valence-electron chi connectivity index (χ3n) is 3.81. The van der Waals surface area contributed by atoms with E-state index in [1.54, 1.807) is 0 Å². The summed E-state index contributed by atoms with van der Waals surface area (Å²) in [6, 6.07) is 4.16. The largest absolute Gasteiger partial charge is 0.444 e. The van der Waals surface area contributed by atoms with Crippen LogP contribution in [0, 0.1) is 6.92 Å². The summed E-state index contributed by atoms with van der Waals surface area (Å²) in [5.41, 5.74) is 1.63. The Labute approximate surface area is 133 Å². The van der Waals surface area contributed by atoms with Gasteiger partial charge in [0.05, 0.1) is 6.04 Å². The Morgan fingerprint density at radius 1 is 1.36 bits per heavy atom. The second-order valence-electron chi connectivity index (χ2n) is 7.07. The van der Waals surface area contributed by atoms with E-state index in [9.17, 15) is 4.79 Å². The summed E-state index contributed by atoms with van der Waals surface area (Å²) >= 11 is 0. The molecule has 1 amide bonds. The van der Waals surface area contributed by atoms with Crippen molar-refractivity contribution in [3.8, 4) is 0 Å². The molecule has 0 aliphatic carbocycles. The van der Waals surface area contributed by atoms with Crippen molar-refractivity contribution < 1.29 is 9.53 Å². The zero-order chi connectivity index (χ0) is 16.5. The smallest absolute Gasteiger partial charge is 0.410 e. The van der Waals surface area contributed by atoms with Gasteiger partial charge in [0.2, 0.25) is 0 Å². The fraction of sp³-hybridized carbons (Fsp3) is 0.647. The molecule has 0 unspecified atom stereocenters. The van der Waals surface area contributed by atoms with Crippen molar-refractivity contribution in [2.75, 3.05) is 25.5 Å². The zero-order valence-electron chi connectivity index (χ0n) is 14.5. The van der Waals surface area contributed by atoms with Crippen LogP contribution < -0.4 is 4.90 Å². The first-order valence-corrected chi connectivity index (χ1v) is 7.83.